The van der Waals surface area contributed by atoms with Gasteiger partial charge in [-0.15, -0.1) is 0 Å². The fourth-order valence-corrected chi connectivity index (χ4v) is 3.43. The van der Waals surface area contributed by atoms with Crippen molar-refractivity contribution < 1.29 is 9.34 Å². The summed E-state index contributed by atoms with van der Waals surface area (Å²) in [5.41, 5.74) is 2.59. The van der Waals surface area contributed by atoms with Crippen LogP contribution >= 0.6 is 0 Å². The molecule has 0 radical (unpaired) electrons. The van der Waals surface area contributed by atoms with Crippen molar-refractivity contribution in [2.24, 2.45) is 0 Å². The number of nitrogens with zero attached hydrogens (tertiary/aromatic N) is 4. The molecule has 26 heavy (non-hydrogen) atoms. The van der Waals surface area contributed by atoms with E-state index in [9.17, 15) is 10.1 Å². The predicted molar refractivity (Wildman–Crippen MR) is 96.0 cm³/mol. The van der Waals surface area contributed by atoms with Crippen LogP contribution in [0.25, 0.3) is 11.1 Å². The zero-order valence-corrected chi connectivity index (χ0v) is 14.0. The Kier molecular flexibility index (Phi) is 4.01. The van der Waals surface area contributed by atoms with Crippen LogP contribution in [0.4, 0.5) is 11.4 Å². The van der Waals surface area contributed by atoms with Gasteiger partial charge in [-0.05, 0) is 37.1 Å². The smallest absolute Gasteiger partial charge is 0.292 e. The number of nitro groups is 1. The second kappa shape index (κ2) is 6.48. The summed E-state index contributed by atoms with van der Waals surface area (Å²) in [4.78, 5) is 17.5. The van der Waals surface area contributed by atoms with Crippen molar-refractivity contribution in [3.8, 4) is 6.07 Å². The molecule has 2 aromatic carbocycles. The average Bonchev–Trinajstić information content (AvgIpc) is 3.11. The minimum Gasteiger partial charge on any atom is -0.440 e. The number of piperidine rings is 1. The SMILES string of the molecule is N#Cc1ccc([N+](=O)[O-])c(N2CCC(c3nc4ccccc4o3)CC2)c1. The lowest BCUT2D eigenvalue weighted by molar-refractivity contribution is -0.384. The number of benzene rings is 2. The van der Waals surface area contributed by atoms with Gasteiger partial charge in [0.25, 0.3) is 5.69 Å². The summed E-state index contributed by atoms with van der Waals surface area (Å²) in [7, 11) is 0. The van der Waals surface area contributed by atoms with Crippen LogP contribution in [0, 0.1) is 21.4 Å². The summed E-state index contributed by atoms with van der Waals surface area (Å²) < 4.78 is 5.87. The van der Waals surface area contributed by atoms with Crippen molar-refractivity contribution in [1.29, 1.82) is 5.26 Å². The first-order valence-corrected chi connectivity index (χ1v) is 8.44. The molecule has 1 fully saturated rings. The lowest BCUT2D eigenvalue weighted by atomic mass is 9.96. The molecule has 0 spiro atoms. The van der Waals surface area contributed by atoms with E-state index in [0.29, 0.717) is 24.3 Å². The molecular formula is C19H16N4O3. The molecule has 0 atom stereocenters. The first kappa shape index (κ1) is 16.1. The van der Waals surface area contributed by atoms with Gasteiger partial charge in [0.1, 0.15) is 11.2 Å². The normalized spacial score (nSPS) is 15.1. The highest BCUT2D eigenvalue weighted by Crippen LogP contribution is 2.35. The Hall–Kier alpha value is -3.40. The van der Waals surface area contributed by atoms with E-state index >= 15 is 0 Å². The van der Waals surface area contributed by atoms with E-state index in [0.717, 1.165) is 29.8 Å². The zero-order chi connectivity index (χ0) is 18.1. The molecular weight excluding hydrogens is 332 g/mol. The number of fused-ring (bicyclic) bond motifs is 1. The van der Waals surface area contributed by atoms with E-state index in [-0.39, 0.29) is 11.6 Å². The third-order valence-corrected chi connectivity index (χ3v) is 4.80. The lowest BCUT2D eigenvalue weighted by Crippen LogP contribution is -2.33. The van der Waals surface area contributed by atoms with E-state index in [4.69, 9.17) is 9.68 Å². The van der Waals surface area contributed by atoms with Crippen molar-refractivity contribution in [3.63, 3.8) is 0 Å². The second-order valence-electron chi connectivity index (χ2n) is 6.35. The number of oxazole rings is 1. The van der Waals surface area contributed by atoms with Crippen molar-refractivity contribution >= 4 is 22.5 Å². The van der Waals surface area contributed by atoms with E-state index in [1.165, 1.54) is 12.1 Å². The van der Waals surface area contributed by atoms with Gasteiger partial charge in [-0.25, -0.2) is 4.98 Å². The Balaban J connectivity index is 1.55. The Labute approximate surface area is 149 Å². The fraction of sp³-hybridized carbons (Fsp3) is 0.263. The molecule has 1 aliphatic heterocycles. The number of aromatic nitrogens is 1. The van der Waals surface area contributed by atoms with Crippen molar-refractivity contribution in [2.45, 2.75) is 18.8 Å². The number of rotatable bonds is 3. The monoisotopic (exact) mass is 348 g/mol. The largest absolute Gasteiger partial charge is 0.440 e. The van der Waals surface area contributed by atoms with Gasteiger partial charge in [-0.1, -0.05) is 12.1 Å². The van der Waals surface area contributed by atoms with Crippen molar-refractivity contribution in [2.75, 3.05) is 18.0 Å². The molecule has 3 aromatic rings. The highest BCUT2D eigenvalue weighted by molar-refractivity contribution is 5.72. The quantitative estimate of drug-likeness (QED) is 0.524. The molecule has 7 heteroatoms. The van der Waals surface area contributed by atoms with Gasteiger partial charge in [0, 0.05) is 25.1 Å². The van der Waals surface area contributed by atoms with Gasteiger partial charge in [-0.3, -0.25) is 10.1 Å². The second-order valence-corrected chi connectivity index (χ2v) is 6.35. The van der Waals surface area contributed by atoms with E-state index in [1.54, 1.807) is 6.07 Å². The maximum atomic E-state index is 11.3. The van der Waals surface area contributed by atoms with E-state index < -0.39 is 4.92 Å². The summed E-state index contributed by atoms with van der Waals surface area (Å²) in [6.45, 7) is 1.30. The molecule has 4 rings (SSSR count). The first-order chi connectivity index (χ1) is 12.7. The minimum atomic E-state index is -0.399. The van der Waals surface area contributed by atoms with Gasteiger partial charge < -0.3 is 9.32 Å². The predicted octanol–water partition coefficient (Wildman–Crippen LogP) is 3.99. The number of hydrogen-bond acceptors (Lipinski definition) is 6. The summed E-state index contributed by atoms with van der Waals surface area (Å²) in [5.74, 6) is 0.919. The molecule has 0 saturated carbocycles. The highest BCUT2D eigenvalue weighted by atomic mass is 16.6. The molecule has 0 bridgehead atoms. The van der Waals surface area contributed by atoms with Gasteiger partial charge >= 0.3 is 0 Å². The summed E-state index contributed by atoms with van der Waals surface area (Å²) in [6, 6.07) is 14.2. The topological polar surface area (TPSA) is 96.2 Å². The number of para-hydroxylation sites is 2. The third-order valence-electron chi connectivity index (χ3n) is 4.80. The number of nitro benzene ring substituents is 1. The summed E-state index contributed by atoms with van der Waals surface area (Å²) in [6.07, 6.45) is 1.58. The molecule has 0 aliphatic carbocycles. The van der Waals surface area contributed by atoms with Crippen LogP contribution in [0.3, 0.4) is 0 Å². The van der Waals surface area contributed by atoms with Crippen LogP contribution in [-0.2, 0) is 0 Å². The Morgan fingerprint density at radius 2 is 2.00 bits per heavy atom. The molecule has 0 N–H and O–H groups in total. The van der Waals surface area contributed by atoms with Crippen molar-refractivity contribution in [3.05, 3.63) is 64.0 Å². The molecule has 2 heterocycles. The van der Waals surface area contributed by atoms with Crippen molar-refractivity contribution in [1.82, 2.24) is 4.98 Å². The Bertz CT molecular complexity index is 980. The van der Waals surface area contributed by atoms with Gasteiger partial charge in [0.15, 0.2) is 11.5 Å². The summed E-state index contributed by atoms with van der Waals surface area (Å²) in [5, 5.41) is 20.4. The Morgan fingerprint density at radius 3 is 2.69 bits per heavy atom. The Morgan fingerprint density at radius 1 is 1.23 bits per heavy atom. The standard InChI is InChI=1S/C19H16N4O3/c20-12-13-5-6-16(23(24)25)17(11-13)22-9-7-14(8-10-22)19-21-15-3-1-2-4-18(15)26-19/h1-6,11,14H,7-10H2. The molecule has 0 amide bonds. The maximum absolute atomic E-state index is 11.3. The molecule has 1 aromatic heterocycles. The minimum absolute atomic E-state index is 0.0318. The maximum Gasteiger partial charge on any atom is 0.292 e. The van der Waals surface area contributed by atoms with Crippen LogP contribution in [-0.4, -0.2) is 23.0 Å². The van der Waals surface area contributed by atoms with Crippen LogP contribution in [0.1, 0.15) is 30.2 Å². The molecule has 7 nitrogen and oxygen atoms in total. The van der Waals surface area contributed by atoms with E-state index in [1.807, 2.05) is 35.2 Å². The van der Waals surface area contributed by atoms with Crippen LogP contribution in [0.5, 0.6) is 0 Å². The number of anilines is 1. The average molecular weight is 348 g/mol. The van der Waals surface area contributed by atoms with Crippen LogP contribution < -0.4 is 4.90 Å². The number of hydrogen-bond donors (Lipinski definition) is 0. The van der Waals surface area contributed by atoms with Crippen LogP contribution in [0.2, 0.25) is 0 Å². The van der Waals surface area contributed by atoms with Gasteiger partial charge in [0.2, 0.25) is 0 Å². The molecule has 0 unspecified atom stereocenters. The fourth-order valence-electron chi connectivity index (χ4n) is 3.43. The van der Waals surface area contributed by atoms with Crippen LogP contribution in [0.15, 0.2) is 46.9 Å². The first-order valence-electron chi connectivity index (χ1n) is 8.44. The molecule has 1 saturated heterocycles. The molecule has 130 valence electrons. The number of nitriles is 1. The van der Waals surface area contributed by atoms with Gasteiger partial charge in [-0.2, -0.15) is 5.26 Å². The lowest BCUT2D eigenvalue weighted by Gasteiger charge is -2.32. The van der Waals surface area contributed by atoms with Gasteiger partial charge in [0.05, 0.1) is 16.6 Å². The highest BCUT2D eigenvalue weighted by Gasteiger charge is 2.28. The zero-order valence-electron chi connectivity index (χ0n) is 14.0. The third kappa shape index (κ3) is 2.86. The molecule has 1 aliphatic rings. The van der Waals surface area contributed by atoms with E-state index in [2.05, 4.69) is 4.98 Å². The summed E-state index contributed by atoms with van der Waals surface area (Å²) >= 11 is 0.